The second-order valence-corrected chi connectivity index (χ2v) is 4.06. The maximum Gasteiger partial charge on any atom is 0.237 e. The quantitative estimate of drug-likeness (QED) is 0.525. The Morgan fingerprint density at radius 2 is 1.81 bits per heavy atom. The number of carbonyl (C=O) groups excluding carboxylic acids is 2. The zero-order chi connectivity index (χ0) is 12.4. The molecule has 2 N–H and O–H groups in total. The first-order valence-corrected chi connectivity index (χ1v) is 6.21. The van der Waals surface area contributed by atoms with Gasteiger partial charge in [0.15, 0.2) is 0 Å². The Bertz CT molecular complexity index is 225. The summed E-state index contributed by atoms with van der Waals surface area (Å²) in [6.45, 7) is 1.96. The smallest absolute Gasteiger partial charge is 0.237 e. The molecule has 1 unspecified atom stereocenters. The van der Waals surface area contributed by atoms with Crippen LogP contribution in [-0.4, -0.2) is 11.8 Å². The van der Waals surface area contributed by atoms with Crippen LogP contribution in [0.25, 0.3) is 0 Å². The van der Waals surface area contributed by atoms with Crippen molar-refractivity contribution in [2.24, 2.45) is 5.92 Å². The van der Waals surface area contributed by atoms with Crippen molar-refractivity contribution < 1.29 is 9.59 Å². The highest BCUT2D eigenvalue weighted by Crippen LogP contribution is 2.14. The number of carbonyl (C=O) groups is 2. The SMILES string of the molecule is CCC(CCCCCC(=O)NCl)C(=O)NCl. The van der Waals surface area contributed by atoms with Gasteiger partial charge in [-0.1, -0.05) is 19.8 Å². The molecule has 1 atom stereocenters. The minimum Gasteiger partial charge on any atom is -0.274 e. The third-order valence-corrected chi connectivity index (χ3v) is 2.92. The third-order valence-electron chi connectivity index (χ3n) is 2.52. The Hall–Kier alpha value is -0.480. The van der Waals surface area contributed by atoms with Crippen molar-refractivity contribution in [2.75, 3.05) is 0 Å². The summed E-state index contributed by atoms with van der Waals surface area (Å²) in [7, 11) is 0. The second-order valence-electron chi connectivity index (χ2n) is 3.68. The fourth-order valence-electron chi connectivity index (χ4n) is 1.50. The number of halogens is 2. The predicted octanol–water partition coefficient (Wildman–Crippen LogP) is 2.50. The molecule has 0 spiro atoms. The van der Waals surface area contributed by atoms with E-state index < -0.39 is 0 Å². The van der Waals surface area contributed by atoms with E-state index >= 15 is 0 Å². The van der Waals surface area contributed by atoms with Crippen molar-refractivity contribution >= 4 is 35.4 Å². The largest absolute Gasteiger partial charge is 0.274 e. The van der Waals surface area contributed by atoms with E-state index in [1.54, 1.807) is 0 Å². The van der Waals surface area contributed by atoms with Gasteiger partial charge in [0, 0.05) is 35.9 Å². The van der Waals surface area contributed by atoms with Crippen LogP contribution in [0, 0.1) is 5.92 Å². The first-order valence-electron chi connectivity index (χ1n) is 5.45. The average molecular weight is 269 g/mol. The summed E-state index contributed by atoms with van der Waals surface area (Å²) >= 11 is 10.4. The molecule has 0 heterocycles. The summed E-state index contributed by atoms with van der Waals surface area (Å²) in [6, 6.07) is 0. The van der Waals surface area contributed by atoms with Gasteiger partial charge in [-0.3, -0.25) is 19.3 Å². The Balaban J connectivity index is 3.56. The van der Waals surface area contributed by atoms with Crippen molar-refractivity contribution in [3.63, 3.8) is 0 Å². The van der Waals surface area contributed by atoms with Gasteiger partial charge in [0.2, 0.25) is 11.8 Å². The van der Waals surface area contributed by atoms with Gasteiger partial charge < -0.3 is 0 Å². The van der Waals surface area contributed by atoms with Crippen LogP contribution < -0.4 is 9.67 Å². The molecule has 0 aliphatic rings. The molecule has 6 heteroatoms. The summed E-state index contributed by atoms with van der Waals surface area (Å²) < 4.78 is 0. The summed E-state index contributed by atoms with van der Waals surface area (Å²) in [5.74, 6) is -0.311. The lowest BCUT2D eigenvalue weighted by Crippen LogP contribution is -2.23. The van der Waals surface area contributed by atoms with Gasteiger partial charge in [-0.25, -0.2) is 0 Å². The number of hydrogen-bond donors (Lipinski definition) is 2. The van der Waals surface area contributed by atoms with Gasteiger partial charge >= 0.3 is 0 Å². The van der Waals surface area contributed by atoms with E-state index in [9.17, 15) is 9.59 Å². The molecular formula is C10H18Cl2N2O2. The molecule has 0 aromatic carbocycles. The van der Waals surface area contributed by atoms with E-state index in [4.69, 9.17) is 23.6 Å². The standard InChI is InChI=1S/C10H18Cl2N2O2/c1-2-8(10(16)14-12)6-4-3-5-7-9(15)13-11/h8H,2-7H2,1H3,(H,13,15)(H,14,16). The molecule has 0 rings (SSSR count). The zero-order valence-corrected chi connectivity index (χ0v) is 10.9. The molecule has 0 saturated carbocycles. The van der Waals surface area contributed by atoms with Crippen LogP contribution in [0.4, 0.5) is 0 Å². The lowest BCUT2D eigenvalue weighted by molar-refractivity contribution is -0.123. The second kappa shape index (κ2) is 9.73. The molecule has 0 aliphatic carbocycles. The summed E-state index contributed by atoms with van der Waals surface area (Å²) in [4.78, 5) is 26.2. The highest BCUT2D eigenvalue weighted by molar-refractivity contribution is 6.21. The molecule has 0 bridgehead atoms. The molecule has 2 amide bonds. The number of amides is 2. The molecule has 94 valence electrons. The van der Waals surface area contributed by atoms with E-state index in [1.165, 1.54) is 0 Å². The minimum atomic E-state index is -0.160. The van der Waals surface area contributed by atoms with Crippen LogP contribution in [0.5, 0.6) is 0 Å². The van der Waals surface area contributed by atoms with E-state index in [1.807, 2.05) is 6.92 Å². The van der Waals surface area contributed by atoms with Crippen molar-refractivity contribution in [2.45, 2.75) is 45.4 Å². The molecule has 0 radical (unpaired) electrons. The lowest BCUT2D eigenvalue weighted by Gasteiger charge is -2.11. The number of hydrogen-bond acceptors (Lipinski definition) is 2. The van der Waals surface area contributed by atoms with E-state index in [0.29, 0.717) is 6.42 Å². The minimum absolute atomic E-state index is 0.0284. The van der Waals surface area contributed by atoms with Crippen molar-refractivity contribution in [3.05, 3.63) is 0 Å². The maximum absolute atomic E-state index is 11.2. The van der Waals surface area contributed by atoms with Gasteiger partial charge in [0.25, 0.3) is 0 Å². The maximum atomic E-state index is 11.2. The monoisotopic (exact) mass is 268 g/mol. The van der Waals surface area contributed by atoms with E-state index in [2.05, 4.69) is 9.67 Å². The Morgan fingerprint density at radius 1 is 1.12 bits per heavy atom. The summed E-state index contributed by atoms with van der Waals surface area (Å²) in [5, 5.41) is 0. The Morgan fingerprint density at radius 3 is 2.31 bits per heavy atom. The van der Waals surface area contributed by atoms with Gasteiger partial charge in [0.1, 0.15) is 0 Å². The molecule has 0 saturated heterocycles. The van der Waals surface area contributed by atoms with Crippen LogP contribution in [0.15, 0.2) is 0 Å². The van der Waals surface area contributed by atoms with Gasteiger partial charge in [-0.2, -0.15) is 0 Å². The fraction of sp³-hybridized carbons (Fsp3) is 0.800. The molecule has 0 fully saturated rings. The van der Waals surface area contributed by atoms with Crippen LogP contribution in [0.1, 0.15) is 45.4 Å². The highest BCUT2D eigenvalue weighted by Gasteiger charge is 2.14. The molecular weight excluding hydrogens is 251 g/mol. The number of unbranched alkanes of at least 4 members (excludes halogenated alkanes) is 2. The first-order chi connectivity index (χ1) is 7.65. The van der Waals surface area contributed by atoms with Crippen molar-refractivity contribution in [1.29, 1.82) is 0 Å². The number of nitrogens with one attached hydrogen (secondary N) is 2. The zero-order valence-electron chi connectivity index (χ0n) is 9.39. The summed E-state index contributed by atoms with van der Waals surface area (Å²) in [5.41, 5.74) is 0. The predicted molar refractivity (Wildman–Crippen MR) is 64.9 cm³/mol. The summed E-state index contributed by atoms with van der Waals surface area (Å²) in [6.07, 6.45) is 4.63. The van der Waals surface area contributed by atoms with Crippen LogP contribution in [0.3, 0.4) is 0 Å². The molecule has 16 heavy (non-hydrogen) atoms. The van der Waals surface area contributed by atoms with Gasteiger partial charge in [-0.05, 0) is 19.3 Å². The van der Waals surface area contributed by atoms with Gasteiger partial charge in [-0.15, -0.1) is 0 Å². The Kier molecular flexibility index (Phi) is 9.43. The van der Waals surface area contributed by atoms with Crippen molar-refractivity contribution in [3.8, 4) is 0 Å². The van der Waals surface area contributed by atoms with Crippen LogP contribution >= 0.6 is 23.6 Å². The molecule has 4 nitrogen and oxygen atoms in total. The lowest BCUT2D eigenvalue weighted by atomic mass is 9.98. The van der Waals surface area contributed by atoms with Crippen molar-refractivity contribution in [1.82, 2.24) is 9.67 Å². The fourth-order valence-corrected chi connectivity index (χ4v) is 1.75. The molecule has 0 aliphatic heterocycles. The topological polar surface area (TPSA) is 58.2 Å². The van der Waals surface area contributed by atoms with Crippen LogP contribution in [-0.2, 0) is 9.59 Å². The van der Waals surface area contributed by atoms with E-state index in [0.717, 1.165) is 32.1 Å². The first kappa shape index (κ1) is 15.5. The normalized spacial score (nSPS) is 11.9. The van der Waals surface area contributed by atoms with E-state index in [-0.39, 0.29) is 17.7 Å². The number of rotatable bonds is 8. The van der Waals surface area contributed by atoms with Gasteiger partial charge in [0.05, 0.1) is 0 Å². The Labute approximate surface area is 106 Å². The van der Waals surface area contributed by atoms with Crippen LogP contribution in [0.2, 0.25) is 0 Å². The highest BCUT2D eigenvalue weighted by atomic mass is 35.5. The molecule has 0 aromatic heterocycles. The average Bonchev–Trinajstić information content (AvgIpc) is 2.32. The third kappa shape index (κ3) is 6.90. The molecule has 0 aromatic rings.